The Labute approximate surface area is 294 Å². The fourth-order valence-corrected chi connectivity index (χ4v) is 6.05. The predicted molar refractivity (Wildman–Crippen MR) is 193 cm³/mol. The van der Waals surface area contributed by atoms with Crippen molar-refractivity contribution < 1.29 is 29.0 Å². The van der Waals surface area contributed by atoms with Gasteiger partial charge in [0.2, 0.25) is 11.8 Å². The molecule has 0 aliphatic carbocycles. The maximum Gasteiger partial charge on any atom is 0.309 e. The van der Waals surface area contributed by atoms with E-state index in [1.165, 1.54) is 0 Å². The van der Waals surface area contributed by atoms with E-state index in [0.29, 0.717) is 38.7 Å². The first-order chi connectivity index (χ1) is 24.5. The Balaban J connectivity index is 1.20. The second kappa shape index (κ2) is 19.1. The fraction of sp³-hybridized carbons (Fsp3) is 0.310. The average molecular weight is 675 g/mol. The monoisotopic (exact) mass is 674 g/mol. The molecule has 0 aromatic heterocycles. The molecule has 1 aliphatic heterocycles. The summed E-state index contributed by atoms with van der Waals surface area (Å²) in [4.78, 5) is 40.3. The van der Waals surface area contributed by atoms with E-state index in [-0.39, 0.29) is 43.3 Å². The molecule has 50 heavy (non-hydrogen) atoms. The Bertz CT molecular complexity index is 1660. The second-order valence-corrected chi connectivity index (χ2v) is 12.7. The van der Waals surface area contributed by atoms with Crippen LogP contribution in [0.25, 0.3) is 0 Å². The molecule has 1 aliphatic rings. The fourth-order valence-electron chi connectivity index (χ4n) is 6.05. The van der Waals surface area contributed by atoms with Crippen molar-refractivity contribution in [1.29, 1.82) is 0 Å². The van der Waals surface area contributed by atoms with Crippen molar-refractivity contribution >= 4 is 17.8 Å². The molecule has 4 unspecified atom stereocenters. The first-order valence-electron chi connectivity index (χ1n) is 17.3. The zero-order valence-corrected chi connectivity index (χ0v) is 28.3. The van der Waals surface area contributed by atoms with Gasteiger partial charge in [-0.25, -0.2) is 0 Å². The SMILES string of the molecule is O=C(CC1CC=CCCC(Cc2ccccc2)C(=O)OC(c2ccccc2)CNC1=O)NC(CO)Cc1ccc(OCc2ccccc2)cc1. The second-order valence-electron chi connectivity index (χ2n) is 12.7. The minimum atomic E-state index is -0.678. The van der Waals surface area contributed by atoms with E-state index >= 15 is 0 Å². The molecule has 0 spiro atoms. The molecule has 3 N–H and O–H groups in total. The van der Waals surface area contributed by atoms with Crippen molar-refractivity contribution in [2.24, 2.45) is 11.8 Å². The third kappa shape index (κ3) is 11.4. The van der Waals surface area contributed by atoms with Gasteiger partial charge >= 0.3 is 5.97 Å². The summed E-state index contributed by atoms with van der Waals surface area (Å²) in [5.41, 5.74) is 3.85. The average Bonchev–Trinajstić information content (AvgIpc) is 3.16. The van der Waals surface area contributed by atoms with Gasteiger partial charge in [0.1, 0.15) is 18.5 Å². The number of cyclic esters (lactones) is 1. The summed E-state index contributed by atoms with van der Waals surface area (Å²) in [5.74, 6) is -1.17. The molecule has 4 aromatic rings. The molecule has 260 valence electrons. The number of esters is 1. The Morgan fingerprint density at radius 3 is 2.16 bits per heavy atom. The number of ether oxygens (including phenoxy) is 2. The van der Waals surface area contributed by atoms with Gasteiger partial charge in [0, 0.05) is 6.42 Å². The van der Waals surface area contributed by atoms with E-state index in [4.69, 9.17) is 9.47 Å². The first-order valence-corrected chi connectivity index (χ1v) is 17.3. The van der Waals surface area contributed by atoms with Crippen molar-refractivity contribution in [1.82, 2.24) is 10.6 Å². The Kier molecular flexibility index (Phi) is 13.8. The molecule has 0 bridgehead atoms. The van der Waals surface area contributed by atoms with Gasteiger partial charge in [0.25, 0.3) is 0 Å². The summed E-state index contributed by atoms with van der Waals surface area (Å²) >= 11 is 0. The Hall–Kier alpha value is -5.21. The lowest BCUT2D eigenvalue weighted by atomic mass is 9.94. The molecule has 0 saturated carbocycles. The number of amides is 2. The van der Waals surface area contributed by atoms with Crippen LogP contribution in [0, 0.1) is 11.8 Å². The molecule has 8 heteroatoms. The van der Waals surface area contributed by atoms with E-state index in [2.05, 4.69) is 10.6 Å². The van der Waals surface area contributed by atoms with Crippen LogP contribution in [0.4, 0.5) is 0 Å². The molecule has 0 radical (unpaired) electrons. The van der Waals surface area contributed by atoms with Crippen LogP contribution in [0.1, 0.15) is 54.0 Å². The largest absolute Gasteiger partial charge is 0.489 e. The van der Waals surface area contributed by atoms with Gasteiger partial charge in [-0.1, -0.05) is 115 Å². The number of allylic oxidation sites excluding steroid dienone is 2. The number of hydrogen-bond acceptors (Lipinski definition) is 6. The summed E-state index contributed by atoms with van der Waals surface area (Å²) in [5, 5.41) is 16.0. The molecule has 4 aromatic carbocycles. The topological polar surface area (TPSA) is 114 Å². The minimum Gasteiger partial charge on any atom is -0.489 e. The van der Waals surface area contributed by atoms with Crippen LogP contribution in [0.2, 0.25) is 0 Å². The van der Waals surface area contributed by atoms with E-state index in [1.807, 2.05) is 127 Å². The van der Waals surface area contributed by atoms with E-state index in [9.17, 15) is 19.5 Å². The van der Waals surface area contributed by atoms with Gasteiger partial charge in [0.15, 0.2) is 0 Å². The van der Waals surface area contributed by atoms with E-state index < -0.39 is 18.1 Å². The molecule has 4 atom stereocenters. The number of carbonyl (C=O) groups is 3. The van der Waals surface area contributed by atoms with Crippen LogP contribution in [-0.4, -0.2) is 42.1 Å². The third-order valence-electron chi connectivity index (χ3n) is 8.86. The molecule has 0 saturated heterocycles. The summed E-state index contributed by atoms with van der Waals surface area (Å²) < 4.78 is 11.9. The smallest absolute Gasteiger partial charge is 0.309 e. The van der Waals surface area contributed by atoms with Crippen LogP contribution in [0.15, 0.2) is 127 Å². The van der Waals surface area contributed by atoms with Crippen LogP contribution in [0.3, 0.4) is 0 Å². The number of aliphatic hydroxyl groups excluding tert-OH is 1. The Morgan fingerprint density at radius 2 is 1.48 bits per heavy atom. The predicted octanol–water partition coefficient (Wildman–Crippen LogP) is 6.29. The van der Waals surface area contributed by atoms with E-state index in [1.54, 1.807) is 0 Å². The summed E-state index contributed by atoms with van der Waals surface area (Å²) in [6.07, 6.45) is 5.73. The van der Waals surface area contributed by atoms with Gasteiger partial charge in [-0.3, -0.25) is 14.4 Å². The zero-order chi connectivity index (χ0) is 35.0. The number of benzene rings is 4. The lowest BCUT2D eigenvalue weighted by molar-refractivity contribution is -0.155. The highest BCUT2D eigenvalue weighted by Gasteiger charge is 2.28. The van der Waals surface area contributed by atoms with Gasteiger partial charge in [-0.05, 0) is 66.5 Å². The highest BCUT2D eigenvalue weighted by atomic mass is 16.5. The lowest BCUT2D eigenvalue weighted by Crippen LogP contribution is -2.42. The van der Waals surface area contributed by atoms with Crippen molar-refractivity contribution in [2.45, 2.75) is 57.3 Å². The Morgan fingerprint density at radius 1 is 0.820 bits per heavy atom. The first kappa shape index (κ1) is 36.1. The van der Waals surface area contributed by atoms with Crippen LogP contribution >= 0.6 is 0 Å². The number of aliphatic hydroxyl groups is 1. The van der Waals surface area contributed by atoms with Gasteiger partial charge in [0.05, 0.1) is 31.0 Å². The number of nitrogens with one attached hydrogen (secondary N) is 2. The van der Waals surface area contributed by atoms with Gasteiger partial charge in [-0.15, -0.1) is 0 Å². The molecule has 5 rings (SSSR count). The van der Waals surface area contributed by atoms with Crippen LogP contribution in [-0.2, 0) is 38.6 Å². The quantitative estimate of drug-likeness (QED) is 0.120. The van der Waals surface area contributed by atoms with Crippen molar-refractivity contribution in [2.75, 3.05) is 13.2 Å². The maximum absolute atomic E-state index is 13.5. The lowest BCUT2D eigenvalue weighted by Gasteiger charge is -2.24. The molecule has 0 fully saturated rings. The highest BCUT2D eigenvalue weighted by Crippen LogP contribution is 2.24. The molecule has 8 nitrogen and oxygen atoms in total. The van der Waals surface area contributed by atoms with Gasteiger partial charge < -0.3 is 25.2 Å². The number of hydrogen-bond donors (Lipinski definition) is 3. The molecule has 2 amide bonds. The summed E-state index contributed by atoms with van der Waals surface area (Å²) in [6.45, 7) is 0.300. The maximum atomic E-state index is 13.5. The standard InChI is InChI=1S/C42H46N2O6/c45-29-37(26-32-21-23-38(24-22-32)49-30-33-15-7-2-8-16-33)44-40(46)27-35-19-11-4-12-20-36(25-31-13-5-1-6-14-31)42(48)50-39(28-43-41(35)47)34-17-9-3-10-18-34/h1-11,13-18,21-24,35-37,39,45H,12,19-20,25-30H2,(H,43,47)(H,44,46). The highest BCUT2D eigenvalue weighted by molar-refractivity contribution is 5.86. The summed E-state index contributed by atoms with van der Waals surface area (Å²) in [7, 11) is 0. The number of rotatable bonds is 12. The van der Waals surface area contributed by atoms with E-state index in [0.717, 1.165) is 28.0 Å². The summed E-state index contributed by atoms with van der Waals surface area (Å²) in [6, 6.07) is 36.3. The molecular formula is C42H46N2O6. The molecule has 1 heterocycles. The van der Waals surface area contributed by atoms with Crippen LogP contribution in [0.5, 0.6) is 5.75 Å². The van der Waals surface area contributed by atoms with Crippen molar-refractivity contribution in [3.8, 4) is 5.75 Å². The zero-order valence-electron chi connectivity index (χ0n) is 28.3. The minimum absolute atomic E-state index is 0.0502. The number of carbonyl (C=O) groups excluding carboxylic acids is 3. The third-order valence-corrected chi connectivity index (χ3v) is 8.86. The normalized spacial score (nSPS) is 19.1. The van der Waals surface area contributed by atoms with Crippen LogP contribution < -0.4 is 15.4 Å². The molecular weight excluding hydrogens is 628 g/mol. The van der Waals surface area contributed by atoms with Crippen molar-refractivity contribution in [3.63, 3.8) is 0 Å². The van der Waals surface area contributed by atoms with Gasteiger partial charge in [-0.2, -0.15) is 0 Å². The van der Waals surface area contributed by atoms with Crippen molar-refractivity contribution in [3.05, 3.63) is 150 Å².